The van der Waals surface area contributed by atoms with Gasteiger partial charge in [0.25, 0.3) is 0 Å². The molecule has 164 valence electrons. The summed E-state index contributed by atoms with van der Waals surface area (Å²) in [6.07, 6.45) is 1.90. The van der Waals surface area contributed by atoms with Crippen LogP contribution in [-0.2, 0) is 16.0 Å². The van der Waals surface area contributed by atoms with Crippen molar-refractivity contribution in [2.75, 3.05) is 30.8 Å². The summed E-state index contributed by atoms with van der Waals surface area (Å²) in [5.41, 5.74) is -1.93. The summed E-state index contributed by atoms with van der Waals surface area (Å²) in [6, 6.07) is 12.5. The highest BCUT2D eigenvalue weighted by atomic mass is 32.2. The molecule has 5 nitrogen and oxygen atoms in total. The molecule has 0 aliphatic heterocycles. The quantitative estimate of drug-likeness (QED) is 0.183. The molecule has 0 aliphatic rings. The van der Waals surface area contributed by atoms with E-state index in [0.29, 0.717) is 30.1 Å². The number of methoxy groups -OCH3 is 1. The number of nitrogens with two attached hydrogens (primary N) is 1. The molecule has 0 saturated carbocycles. The molecule has 0 aliphatic carbocycles. The lowest BCUT2D eigenvalue weighted by Gasteiger charge is -2.15. The fourth-order valence-electron chi connectivity index (χ4n) is 2.66. The normalized spacial score (nSPS) is 11.2. The van der Waals surface area contributed by atoms with E-state index in [-0.39, 0.29) is 22.6 Å². The fourth-order valence-corrected chi connectivity index (χ4v) is 3.76. The topological polar surface area (TPSA) is 76.4 Å². The summed E-state index contributed by atoms with van der Waals surface area (Å²) in [4.78, 5) is 11.8. The summed E-state index contributed by atoms with van der Waals surface area (Å²) in [5, 5.41) is 11.7. The number of hydrogen-bond donors (Lipinski definition) is 3. The largest absolute Gasteiger partial charge is 0.469 e. The Morgan fingerprint density at radius 2 is 1.80 bits per heavy atom. The van der Waals surface area contributed by atoms with E-state index >= 15 is 0 Å². The van der Waals surface area contributed by atoms with E-state index < -0.39 is 5.51 Å². The SMILES string of the molecule is COC(=O)CCCc1ccc(NCCNc2ccc(SN)cc2SC(F)(F)F)cc1. The molecule has 0 heterocycles. The van der Waals surface area contributed by atoms with E-state index in [1.807, 2.05) is 24.3 Å². The zero-order valence-corrected chi connectivity index (χ0v) is 18.1. The number of nitrogens with one attached hydrogen (secondary N) is 2. The highest BCUT2D eigenvalue weighted by Crippen LogP contribution is 2.41. The number of thioether (sulfide) groups is 1. The van der Waals surface area contributed by atoms with Crippen molar-refractivity contribution in [3.8, 4) is 0 Å². The number of ether oxygens (including phenoxy) is 1. The Morgan fingerprint density at radius 1 is 1.10 bits per heavy atom. The van der Waals surface area contributed by atoms with Gasteiger partial charge in [-0.3, -0.25) is 9.93 Å². The molecule has 4 N–H and O–H groups in total. The van der Waals surface area contributed by atoms with Gasteiger partial charge in [0, 0.05) is 40.7 Å². The molecule has 0 radical (unpaired) electrons. The molecule has 0 aromatic heterocycles. The number of aryl methyl sites for hydroxylation is 1. The van der Waals surface area contributed by atoms with Crippen LogP contribution in [0.3, 0.4) is 0 Å². The van der Waals surface area contributed by atoms with E-state index in [2.05, 4.69) is 15.4 Å². The van der Waals surface area contributed by atoms with Crippen molar-refractivity contribution in [2.24, 2.45) is 5.14 Å². The molecule has 2 aromatic rings. The minimum absolute atomic E-state index is 0.0919. The number of alkyl halides is 3. The van der Waals surface area contributed by atoms with Crippen molar-refractivity contribution in [2.45, 2.75) is 34.6 Å². The second kappa shape index (κ2) is 12.0. The van der Waals surface area contributed by atoms with Gasteiger partial charge in [-0.25, -0.2) is 0 Å². The zero-order chi connectivity index (χ0) is 22.0. The van der Waals surface area contributed by atoms with Gasteiger partial charge >= 0.3 is 11.5 Å². The first kappa shape index (κ1) is 24.2. The van der Waals surface area contributed by atoms with Gasteiger partial charge in [-0.2, -0.15) is 13.2 Å². The number of carbonyl (C=O) groups is 1. The lowest BCUT2D eigenvalue weighted by atomic mass is 10.1. The average Bonchev–Trinajstić information content (AvgIpc) is 2.71. The van der Waals surface area contributed by atoms with Gasteiger partial charge in [-0.05, 0) is 72.4 Å². The highest BCUT2D eigenvalue weighted by Gasteiger charge is 2.30. The molecule has 2 aromatic carbocycles. The molecule has 10 heteroatoms. The summed E-state index contributed by atoms with van der Waals surface area (Å²) >= 11 is 0.750. The second-order valence-corrected chi connectivity index (χ2v) is 8.12. The molecular weight excluding hydrogens is 435 g/mol. The van der Waals surface area contributed by atoms with Crippen molar-refractivity contribution >= 4 is 41.1 Å². The van der Waals surface area contributed by atoms with Gasteiger partial charge in [0.05, 0.1) is 7.11 Å². The lowest BCUT2D eigenvalue weighted by Crippen LogP contribution is -2.14. The van der Waals surface area contributed by atoms with E-state index in [4.69, 9.17) is 5.14 Å². The van der Waals surface area contributed by atoms with Gasteiger partial charge in [-0.15, -0.1) is 0 Å². The van der Waals surface area contributed by atoms with Gasteiger partial charge in [0.1, 0.15) is 0 Å². The number of anilines is 2. The van der Waals surface area contributed by atoms with Gasteiger partial charge in [0.15, 0.2) is 0 Å². The standard InChI is InChI=1S/C20H24F3N3O2S2/c1-28-19(27)4-2-3-14-5-7-15(8-6-14)25-11-12-26-17-10-9-16(30-24)13-18(17)29-20(21,22)23/h5-10,13,25-26H,2-4,11-12,24H2,1H3. The summed E-state index contributed by atoms with van der Waals surface area (Å²) in [6.45, 7) is 0.979. The number of esters is 1. The van der Waals surface area contributed by atoms with Crippen LogP contribution in [0.2, 0.25) is 0 Å². The Balaban J connectivity index is 1.81. The molecule has 0 saturated heterocycles. The van der Waals surface area contributed by atoms with Gasteiger partial charge in [0.2, 0.25) is 0 Å². The van der Waals surface area contributed by atoms with Crippen molar-refractivity contribution in [1.82, 2.24) is 0 Å². The van der Waals surface area contributed by atoms with Crippen LogP contribution in [0.15, 0.2) is 52.3 Å². The maximum absolute atomic E-state index is 12.8. The Bertz CT molecular complexity index is 818. The van der Waals surface area contributed by atoms with Crippen LogP contribution in [-0.4, -0.2) is 31.7 Å². The zero-order valence-electron chi connectivity index (χ0n) is 16.4. The Kier molecular flexibility index (Phi) is 9.67. The molecule has 0 amide bonds. The van der Waals surface area contributed by atoms with E-state index in [1.165, 1.54) is 13.2 Å². The van der Waals surface area contributed by atoms with Crippen LogP contribution < -0.4 is 15.8 Å². The number of carbonyl (C=O) groups excluding carboxylic acids is 1. The smallest absolute Gasteiger partial charge is 0.446 e. The molecule has 0 atom stereocenters. The minimum Gasteiger partial charge on any atom is -0.469 e. The Hall–Kier alpha value is -2.04. The third-order valence-electron chi connectivity index (χ3n) is 4.11. The van der Waals surface area contributed by atoms with Crippen molar-refractivity contribution < 1.29 is 22.7 Å². The highest BCUT2D eigenvalue weighted by molar-refractivity contribution is 8.00. The number of hydrogen-bond acceptors (Lipinski definition) is 7. The van der Waals surface area contributed by atoms with Crippen molar-refractivity contribution in [1.29, 1.82) is 0 Å². The first-order valence-corrected chi connectivity index (χ1v) is 10.9. The second-order valence-electron chi connectivity index (χ2n) is 6.30. The third kappa shape index (κ3) is 8.76. The Labute approximate surface area is 182 Å². The maximum Gasteiger partial charge on any atom is 0.446 e. The summed E-state index contributed by atoms with van der Waals surface area (Å²) in [5.74, 6) is -0.214. The van der Waals surface area contributed by atoms with Crippen LogP contribution in [0.4, 0.5) is 24.5 Å². The molecule has 0 spiro atoms. The molecule has 0 unspecified atom stereocenters. The monoisotopic (exact) mass is 459 g/mol. The predicted molar refractivity (Wildman–Crippen MR) is 117 cm³/mol. The molecular formula is C20H24F3N3O2S2. The predicted octanol–water partition coefficient (Wildman–Crippen LogP) is 5.28. The van der Waals surface area contributed by atoms with Crippen LogP contribution in [0, 0.1) is 0 Å². The van der Waals surface area contributed by atoms with Crippen LogP contribution in [0.5, 0.6) is 0 Å². The van der Waals surface area contributed by atoms with Crippen LogP contribution in [0.25, 0.3) is 0 Å². The molecule has 0 bridgehead atoms. The summed E-state index contributed by atoms with van der Waals surface area (Å²) < 4.78 is 43.0. The number of rotatable bonds is 11. The lowest BCUT2D eigenvalue weighted by molar-refractivity contribution is -0.140. The van der Waals surface area contributed by atoms with Gasteiger partial charge < -0.3 is 15.4 Å². The summed E-state index contributed by atoms with van der Waals surface area (Å²) in [7, 11) is 1.38. The average molecular weight is 460 g/mol. The molecule has 30 heavy (non-hydrogen) atoms. The first-order valence-electron chi connectivity index (χ1n) is 9.21. The number of benzene rings is 2. The van der Waals surface area contributed by atoms with E-state index in [0.717, 1.165) is 36.0 Å². The third-order valence-corrected chi connectivity index (χ3v) is 5.43. The molecule has 0 fully saturated rings. The van der Waals surface area contributed by atoms with Crippen LogP contribution >= 0.6 is 23.7 Å². The first-order chi connectivity index (χ1) is 14.3. The molecule has 2 rings (SSSR count). The fraction of sp³-hybridized carbons (Fsp3) is 0.350. The maximum atomic E-state index is 12.8. The van der Waals surface area contributed by atoms with Crippen molar-refractivity contribution in [3.05, 3.63) is 48.0 Å². The minimum atomic E-state index is -4.37. The van der Waals surface area contributed by atoms with Crippen molar-refractivity contribution in [3.63, 3.8) is 0 Å². The van der Waals surface area contributed by atoms with E-state index in [9.17, 15) is 18.0 Å². The van der Waals surface area contributed by atoms with E-state index in [1.54, 1.807) is 12.1 Å². The van der Waals surface area contributed by atoms with Gasteiger partial charge in [-0.1, -0.05) is 12.1 Å². The number of halogens is 3. The Morgan fingerprint density at radius 3 is 2.43 bits per heavy atom. The van der Waals surface area contributed by atoms with Crippen LogP contribution in [0.1, 0.15) is 18.4 Å².